The van der Waals surface area contributed by atoms with Crippen molar-refractivity contribution in [1.82, 2.24) is 9.21 Å². The van der Waals surface area contributed by atoms with Crippen LogP contribution in [0.15, 0.2) is 34.9 Å². The maximum Gasteiger partial charge on any atom is 0.308 e. The summed E-state index contributed by atoms with van der Waals surface area (Å²) >= 11 is 0. The number of ether oxygens (including phenoxy) is 2. The Balaban J connectivity index is 2.23. The average molecular weight is 380 g/mol. The molecule has 1 saturated heterocycles. The van der Waals surface area contributed by atoms with E-state index < -0.39 is 21.9 Å². The SMILES string of the molecule is CCN1C(C(=O)N2CCOCC2)=C(OC(C)=O)c2ccccc2S1(=O)=O. The van der Waals surface area contributed by atoms with Crippen molar-refractivity contribution in [3.8, 4) is 0 Å². The molecule has 0 atom stereocenters. The lowest BCUT2D eigenvalue weighted by molar-refractivity contribution is -0.134. The number of carbonyl (C=O) groups excluding carboxylic acids is 2. The van der Waals surface area contributed by atoms with Crippen LogP contribution >= 0.6 is 0 Å². The summed E-state index contributed by atoms with van der Waals surface area (Å²) in [6.45, 7) is 4.31. The molecule has 0 aliphatic carbocycles. The number of carbonyl (C=O) groups is 2. The van der Waals surface area contributed by atoms with Gasteiger partial charge < -0.3 is 14.4 Å². The van der Waals surface area contributed by atoms with Crippen molar-refractivity contribution in [2.24, 2.45) is 0 Å². The predicted molar refractivity (Wildman–Crippen MR) is 92.1 cm³/mol. The van der Waals surface area contributed by atoms with Crippen molar-refractivity contribution in [3.05, 3.63) is 35.5 Å². The number of fused-ring (bicyclic) bond motifs is 1. The van der Waals surface area contributed by atoms with Gasteiger partial charge >= 0.3 is 5.97 Å². The minimum Gasteiger partial charge on any atom is -0.424 e. The number of benzene rings is 1. The Labute approximate surface area is 152 Å². The zero-order valence-corrected chi connectivity index (χ0v) is 15.4. The summed E-state index contributed by atoms with van der Waals surface area (Å²) in [7, 11) is -3.93. The summed E-state index contributed by atoms with van der Waals surface area (Å²) in [5.74, 6) is -1.15. The molecule has 0 aromatic heterocycles. The number of esters is 1. The van der Waals surface area contributed by atoms with Crippen LogP contribution < -0.4 is 0 Å². The highest BCUT2D eigenvalue weighted by Gasteiger charge is 2.42. The van der Waals surface area contributed by atoms with Gasteiger partial charge in [-0.05, 0) is 19.1 Å². The van der Waals surface area contributed by atoms with Gasteiger partial charge in [-0.15, -0.1) is 0 Å². The normalized spacial score (nSPS) is 19.2. The topological polar surface area (TPSA) is 93.2 Å². The minimum atomic E-state index is -3.93. The molecule has 0 saturated carbocycles. The third kappa shape index (κ3) is 3.08. The van der Waals surface area contributed by atoms with Crippen LogP contribution in [0.5, 0.6) is 0 Å². The highest BCUT2D eigenvalue weighted by Crippen LogP contribution is 2.38. The lowest BCUT2D eigenvalue weighted by Gasteiger charge is -2.35. The van der Waals surface area contributed by atoms with Crippen LogP contribution in [0.4, 0.5) is 0 Å². The van der Waals surface area contributed by atoms with Crippen molar-refractivity contribution < 1.29 is 27.5 Å². The molecule has 3 rings (SSSR count). The van der Waals surface area contributed by atoms with E-state index in [4.69, 9.17) is 9.47 Å². The summed E-state index contributed by atoms with van der Waals surface area (Å²) in [6.07, 6.45) is 0. The van der Waals surface area contributed by atoms with Crippen molar-refractivity contribution >= 4 is 27.7 Å². The fourth-order valence-electron chi connectivity index (χ4n) is 3.05. The Morgan fingerprint density at radius 1 is 1.19 bits per heavy atom. The second-order valence-electron chi connectivity index (χ2n) is 5.84. The number of rotatable bonds is 3. The van der Waals surface area contributed by atoms with Gasteiger partial charge in [0.15, 0.2) is 11.5 Å². The van der Waals surface area contributed by atoms with Crippen LogP contribution in [-0.4, -0.2) is 62.3 Å². The first-order valence-corrected chi connectivity index (χ1v) is 9.73. The average Bonchev–Trinajstić information content (AvgIpc) is 2.63. The maximum absolute atomic E-state index is 13.1. The molecule has 0 radical (unpaired) electrons. The van der Waals surface area contributed by atoms with E-state index in [9.17, 15) is 18.0 Å². The fourth-order valence-corrected chi connectivity index (χ4v) is 4.72. The first-order valence-electron chi connectivity index (χ1n) is 8.29. The van der Waals surface area contributed by atoms with E-state index in [0.717, 1.165) is 4.31 Å². The molecule has 0 unspecified atom stereocenters. The number of likely N-dealkylation sites (N-methyl/N-ethyl adjacent to an activating group) is 1. The lowest BCUT2D eigenvalue weighted by atomic mass is 10.1. The summed E-state index contributed by atoms with van der Waals surface area (Å²) in [4.78, 5) is 26.3. The maximum atomic E-state index is 13.1. The van der Waals surface area contributed by atoms with Gasteiger partial charge in [0.05, 0.1) is 18.1 Å². The highest BCUT2D eigenvalue weighted by molar-refractivity contribution is 7.89. The van der Waals surface area contributed by atoms with E-state index in [1.165, 1.54) is 24.0 Å². The van der Waals surface area contributed by atoms with E-state index >= 15 is 0 Å². The van der Waals surface area contributed by atoms with Gasteiger partial charge in [-0.1, -0.05) is 12.1 Å². The summed E-state index contributed by atoms with van der Waals surface area (Å²) < 4.78 is 37.6. The van der Waals surface area contributed by atoms with Crippen LogP contribution in [-0.2, 0) is 29.1 Å². The fraction of sp³-hybridized carbons (Fsp3) is 0.412. The Bertz CT molecular complexity index is 871. The first kappa shape index (κ1) is 18.4. The molecular weight excluding hydrogens is 360 g/mol. The zero-order valence-electron chi connectivity index (χ0n) is 14.6. The Morgan fingerprint density at radius 3 is 2.46 bits per heavy atom. The van der Waals surface area contributed by atoms with E-state index in [1.54, 1.807) is 19.1 Å². The van der Waals surface area contributed by atoms with Crippen LogP contribution in [0.1, 0.15) is 19.4 Å². The number of sulfonamides is 1. The molecule has 1 amide bonds. The van der Waals surface area contributed by atoms with Crippen LogP contribution in [0.2, 0.25) is 0 Å². The number of hydrogen-bond acceptors (Lipinski definition) is 6. The number of hydrogen-bond donors (Lipinski definition) is 0. The molecule has 8 nitrogen and oxygen atoms in total. The second-order valence-corrected chi connectivity index (χ2v) is 7.67. The molecule has 1 aromatic carbocycles. The van der Waals surface area contributed by atoms with Crippen molar-refractivity contribution in [3.63, 3.8) is 0 Å². The molecule has 0 bridgehead atoms. The monoisotopic (exact) mass is 380 g/mol. The molecule has 140 valence electrons. The van der Waals surface area contributed by atoms with Crippen molar-refractivity contribution in [2.45, 2.75) is 18.7 Å². The summed E-state index contributed by atoms with van der Waals surface area (Å²) in [5.41, 5.74) is 0.0762. The van der Waals surface area contributed by atoms with Crippen molar-refractivity contribution in [1.29, 1.82) is 0 Å². The summed E-state index contributed by atoms with van der Waals surface area (Å²) in [6, 6.07) is 6.19. The molecule has 1 aromatic rings. The molecule has 9 heteroatoms. The smallest absolute Gasteiger partial charge is 0.308 e. The zero-order chi connectivity index (χ0) is 18.9. The number of morpholine rings is 1. The second kappa shape index (κ2) is 7.08. The Hall–Kier alpha value is -2.39. The number of nitrogens with zero attached hydrogens (tertiary/aromatic N) is 2. The molecule has 0 spiro atoms. The van der Waals surface area contributed by atoms with Crippen molar-refractivity contribution in [2.75, 3.05) is 32.8 Å². The van der Waals surface area contributed by atoms with Crippen LogP contribution in [0, 0.1) is 0 Å². The largest absolute Gasteiger partial charge is 0.424 e. The molecule has 2 aliphatic rings. The molecule has 26 heavy (non-hydrogen) atoms. The Morgan fingerprint density at radius 2 is 1.85 bits per heavy atom. The highest BCUT2D eigenvalue weighted by atomic mass is 32.2. The number of amides is 1. The lowest BCUT2D eigenvalue weighted by Crippen LogP contribution is -2.47. The predicted octanol–water partition coefficient (Wildman–Crippen LogP) is 0.801. The van der Waals surface area contributed by atoms with E-state index in [1.807, 2.05) is 0 Å². The molecule has 2 aliphatic heterocycles. The van der Waals surface area contributed by atoms with Crippen LogP contribution in [0.3, 0.4) is 0 Å². The van der Waals surface area contributed by atoms with E-state index in [-0.39, 0.29) is 28.5 Å². The van der Waals surface area contributed by atoms with Crippen LogP contribution in [0.25, 0.3) is 5.76 Å². The quantitative estimate of drug-likeness (QED) is 0.720. The van der Waals surface area contributed by atoms with Gasteiger partial charge in [0.25, 0.3) is 15.9 Å². The van der Waals surface area contributed by atoms with Gasteiger partial charge in [0.1, 0.15) is 0 Å². The third-order valence-corrected chi connectivity index (χ3v) is 6.13. The third-order valence-electron chi connectivity index (χ3n) is 4.20. The Kier molecular flexibility index (Phi) is 5.01. The summed E-state index contributed by atoms with van der Waals surface area (Å²) in [5, 5.41) is 0. The van der Waals surface area contributed by atoms with Gasteiger partial charge in [-0.25, -0.2) is 8.42 Å². The van der Waals surface area contributed by atoms with Gasteiger partial charge in [0.2, 0.25) is 0 Å². The minimum absolute atomic E-state index is 0.0108. The van der Waals surface area contributed by atoms with Gasteiger partial charge in [-0.2, -0.15) is 0 Å². The molecule has 0 N–H and O–H groups in total. The molecular formula is C17H20N2O6S. The van der Waals surface area contributed by atoms with Gasteiger partial charge in [0, 0.05) is 32.1 Å². The van der Waals surface area contributed by atoms with E-state index in [2.05, 4.69) is 0 Å². The first-order chi connectivity index (χ1) is 12.4. The van der Waals surface area contributed by atoms with E-state index in [0.29, 0.717) is 26.3 Å². The standard InChI is InChI=1S/C17H20N2O6S/c1-3-19-15(17(21)18-8-10-24-11-9-18)16(25-12(2)20)13-6-4-5-7-14(13)26(19,22)23/h4-7H,3,8-11H2,1-2H3. The van der Waals surface area contributed by atoms with Gasteiger partial charge in [-0.3, -0.25) is 13.9 Å². The molecule has 1 fully saturated rings. The molecule has 2 heterocycles.